The molecule has 1 fully saturated rings. The topological polar surface area (TPSA) is 53.9 Å². The van der Waals surface area contributed by atoms with Crippen LogP contribution < -0.4 is 5.32 Å². The van der Waals surface area contributed by atoms with Gasteiger partial charge in [0.15, 0.2) is 5.82 Å². The van der Waals surface area contributed by atoms with Crippen LogP contribution in [-0.2, 0) is 6.18 Å². The minimum Gasteiger partial charge on any atom is -0.360 e. The van der Waals surface area contributed by atoms with Gasteiger partial charge in [-0.1, -0.05) is 29.8 Å². The molecule has 0 unspecified atom stereocenters. The summed E-state index contributed by atoms with van der Waals surface area (Å²) in [5.41, 5.74) is 0.314. The molecule has 1 aliphatic heterocycles. The third kappa shape index (κ3) is 3.88. The zero-order valence-electron chi connectivity index (χ0n) is 14.7. The van der Waals surface area contributed by atoms with Gasteiger partial charge in [-0.05, 0) is 54.6 Å². The summed E-state index contributed by atoms with van der Waals surface area (Å²) < 4.78 is 40.0. The molecular weight excluding hydrogens is 391 g/mol. The highest BCUT2D eigenvalue weighted by molar-refractivity contribution is 6.31. The van der Waals surface area contributed by atoms with Crippen molar-refractivity contribution in [2.75, 3.05) is 25.0 Å². The van der Waals surface area contributed by atoms with Crippen LogP contribution in [0.3, 0.4) is 0 Å². The summed E-state index contributed by atoms with van der Waals surface area (Å²) in [4.78, 5) is 2.18. The zero-order chi connectivity index (χ0) is 19.7. The van der Waals surface area contributed by atoms with Crippen LogP contribution in [0.25, 0.3) is 10.9 Å². The van der Waals surface area contributed by atoms with Crippen molar-refractivity contribution in [1.82, 2.24) is 20.3 Å². The van der Waals surface area contributed by atoms with Crippen molar-refractivity contribution in [2.45, 2.75) is 18.6 Å². The van der Waals surface area contributed by atoms with Gasteiger partial charge in [0, 0.05) is 11.9 Å². The van der Waals surface area contributed by atoms with E-state index >= 15 is 0 Å². The first kappa shape index (κ1) is 18.9. The minimum absolute atomic E-state index is 0.312. The highest BCUT2D eigenvalue weighted by Crippen LogP contribution is 2.37. The molecule has 1 saturated heterocycles. The van der Waals surface area contributed by atoms with Gasteiger partial charge in [-0.25, -0.2) is 0 Å². The van der Waals surface area contributed by atoms with E-state index in [-0.39, 0.29) is 5.02 Å². The molecule has 0 bridgehead atoms. The van der Waals surface area contributed by atoms with Crippen LogP contribution in [0, 0.1) is 0 Å². The Bertz CT molecular complexity index is 985. The van der Waals surface area contributed by atoms with Gasteiger partial charge < -0.3 is 10.2 Å². The Morgan fingerprint density at radius 1 is 1.11 bits per heavy atom. The largest absolute Gasteiger partial charge is 0.417 e. The predicted molar refractivity (Wildman–Crippen MR) is 101 cm³/mol. The summed E-state index contributed by atoms with van der Waals surface area (Å²) in [5, 5.41) is 15.5. The molecule has 1 atom stereocenters. The fourth-order valence-electron chi connectivity index (χ4n) is 3.24. The summed E-state index contributed by atoms with van der Waals surface area (Å²) in [6, 6.07) is 11.0. The summed E-state index contributed by atoms with van der Waals surface area (Å²) in [5.74, 6) is 0.486. The van der Waals surface area contributed by atoms with E-state index in [0.29, 0.717) is 23.4 Å². The molecule has 5 nitrogen and oxygen atoms in total. The Hall–Kier alpha value is -2.45. The van der Waals surface area contributed by atoms with E-state index in [0.717, 1.165) is 31.0 Å². The second kappa shape index (κ2) is 7.52. The van der Waals surface area contributed by atoms with Crippen molar-refractivity contribution in [2.24, 2.45) is 0 Å². The number of alkyl halides is 3. The van der Waals surface area contributed by atoms with E-state index in [4.69, 9.17) is 11.6 Å². The molecule has 28 heavy (non-hydrogen) atoms. The average molecular weight is 408 g/mol. The predicted octanol–water partition coefficient (Wildman–Crippen LogP) is 4.56. The van der Waals surface area contributed by atoms with Crippen molar-refractivity contribution in [1.29, 1.82) is 0 Å². The highest BCUT2D eigenvalue weighted by atomic mass is 35.5. The van der Waals surface area contributed by atoms with E-state index in [1.165, 1.54) is 6.07 Å². The third-order valence-electron chi connectivity index (χ3n) is 4.85. The van der Waals surface area contributed by atoms with Gasteiger partial charge in [-0.3, -0.25) is 0 Å². The maximum atomic E-state index is 13.3. The lowest BCUT2D eigenvalue weighted by Crippen LogP contribution is -2.41. The average Bonchev–Trinajstić information content (AvgIpc) is 2.63. The van der Waals surface area contributed by atoms with E-state index in [2.05, 4.69) is 25.6 Å². The summed E-state index contributed by atoms with van der Waals surface area (Å²) >= 11 is 5.79. The number of likely N-dealkylation sites (tertiary alicyclic amines) is 1. The summed E-state index contributed by atoms with van der Waals surface area (Å²) in [6.45, 7) is 2.39. The number of aromatic nitrogens is 3. The molecule has 0 saturated carbocycles. The molecule has 1 N–H and O–H groups in total. The Labute approximate surface area is 164 Å². The quantitative estimate of drug-likeness (QED) is 0.672. The summed E-state index contributed by atoms with van der Waals surface area (Å²) in [6.07, 6.45) is -3.43. The van der Waals surface area contributed by atoms with Crippen LogP contribution >= 0.6 is 11.6 Å². The molecular formula is C19H17ClF3N5. The van der Waals surface area contributed by atoms with Crippen LogP contribution in [-0.4, -0.2) is 39.9 Å². The van der Waals surface area contributed by atoms with E-state index in [1.54, 1.807) is 6.07 Å². The molecule has 0 spiro atoms. The lowest BCUT2D eigenvalue weighted by atomic mass is 10.0. The van der Waals surface area contributed by atoms with Crippen LogP contribution in [0.2, 0.25) is 5.02 Å². The molecule has 0 aliphatic carbocycles. The Morgan fingerprint density at radius 2 is 1.89 bits per heavy atom. The number of benzene rings is 2. The number of fused-ring (bicyclic) bond motifs is 1. The highest BCUT2D eigenvalue weighted by Gasteiger charge is 2.34. The van der Waals surface area contributed by atoms with E-state index in [9.17, 15) is 13.2 Å². The van der Waals surface area contributed by atoms with Crippen LogP contribution in [0.1, 0.15) is 23.6 Å². The molecule has 1 aromatic heterocycles. The second-order valence-corrected chi connectivity index (χ2v) is 7.15. The van der Waals surface area contributed by atoms with Gasteiger partial charge in [-0.2, -0.15) is 13.2 Å². The standard InChI is InChI=1S/C19H17ClF3N5/c20-15-7-6-12(10-14(15)19(21,22)23)17(11-28-8-3-9-28)24-18-13-4-1-2-5-16(13)25-27-26-18/h1-2,4-7,10,17H,3,8-9,11H2,(H,24,25,26)/t17-/m1/s1. The molecule has 2 aromatic carbocycles. The molecule has 4 rings (SSSR count). The van der Waals surface area contributed by atoms with Crippen molar-refractivity contribution >= 4 is 28.3 Å². The minimum atomic E-state index is -4.52. The number of rotatable bonds is 5. The molecule has 146 valence electrons. The number of halogens is 4. The number of hydrogen-bond donors (Lipinski definition) is 1. The first-order chi connectivity index (χ1) is 13.4. The normalized spacial score (nSPS) is 16.0. The number of nitrogens with one attached hydrogen (secondary N) is 1. The number of hydrogen-bond acceptors (Lipinski definition) is 5. The monoisotopic (exact) mass is 407 g/mol. The van der Waals surface area contributed by atoms with Crippen molar-refractivity contribution in [3.63, 3.8) is 0 Å². The molecule has 1 aliphatic rings. The number of anilines is 1. The van der Waals surface area contributed by atoms with E-state index < -0.39 is 17.8 Å². The lowest BCUT2D eigenvalue weighted by molar-refractivity contribution is -0.137. The smallest absolute Gasteiger partial charge is 0.360 e. The maximum absolute atomic E-state index is 13.3. The van der Waals surface area contributed by atoms with Crippen LogP contribution in [0.15, 0.2) is 42.5 Å². The third-order valence-corrected chi connectivity index (χ3v) is 5.18. The first-order valence-electron chi connectivity index (χ1n) is 8.85. The Balaban J connectivity index is 1.71. The molecule has 9 heteroatoms. The first-order valence-corrected chi connectivity index (χ1v) is 9.23. The maximum Gasteiger partial charge on any atom is 0.417 e. The Kier molecular flexibility index (Phi) is 5.07. The summed E-state index contributed by atoms with van der Waals surface area (Å²) in [7, 11) is 0. The molecule has 0 radical (unpaired) electrons. The van der Waals surface area contributed by atoms with Crippen molar-refractivity contribution < 1.29 is 13.2 Å². The molecule has 0 amide bonds. The fourth-order valence-corrected chi connectivity index (χ4v) is 3.46. The van der Waals surface area contributed by atoms with Gasteiger partial charge >= 0.3 is 6.18 Å². The van der Waals surface area contributed by atoms with Gasteiger partial charge in [0.05, 0.1) is 22.1 Å². The molecule has 2 heterocycles. The number of nitrogens with zero attached hydrogens (tertiary/aromatic N) is 4. The van der Waals surface area contributed by atoms with Gasteiger partial charge in [0.2, 0.25) is 0 Å². The van der Waals surface area contributed by atoms with Gasteiger partial charge in [-0.15, -0.1) is 10.2 Å². The molecule has 3 aromatic rings. The van der Waals surface area contributed by atoms with Crippen molar-refractivity contribution in [3.05, 3.63) is 58.6 Å². The Morgan fingerprint density at radius 3 is 2.61 bits per heavy atom. The van der Waals surface area contributed by atoms with Gasteiger partial charge in [0.25, 0.3) is 0 Å². The van der Waals surface area contributed by atoms with Crippen LogP contribution in [0.4, 0.5) is 19.0 Å². The SMILES string of the molecule is FC(F)(F)c1cc([C@@H](CN2CCC2)Nc2nnnc3ccccc23)ccc1Cl. The van der Waals surface area contributed by atoms with Crippen molar-refractivity contribution in [3.8, 4) is 0 Å². The fraction of sp³-hybridized carbons (Fsp3) is 0.316. The zero-order valence-corrected chi connectivity index (χ0v) is 15.5. The van der Waals surface area contributed by atoms with Gasteiger partial charge in [0.1, 0.15) is 0 Å². The van der Waals surface area contributed by atoms with E-state index in [1.807, 2.05) is 24.3 Å². The van der Waals surface area contributed by atoms with Crippen LogP contribution in [0.5, 0.6) is 0 Å². The lowest BCUT2D eigenvalue weighted by Gasteiger charge is -2.35. The second-order valence-electron chi connectivity index (χ2n) is 6.74.